The Hall–Kier alpha value is -4.43. The predicted octanol–water partition coefficient (Wildman–Crippen LogP) is 6.69. The van der Waals surface area contributed by atoms with Crippen molar-refractivity contribution in [2.45, 2.75) is 19.6 Å². The molecule has 0 saturated carbocycles. The molecule has 1 N–H and O–H groups in total. The molecular formula is C34H23Cl4N5O5S2. The number of hydrogen-bond acceptors (Lipinski definition) is 7. The van der Waals surface area contributed by atoms with Gasteiger partial charge in [0.25, 0.3) is 17.0 Å². The van der Waals surface area contributed by atoms with Crippen LogP contribution in [0.25, 0.3) is 9.66 Å². The number of nitrogens with zero attached hydrogens (tertiary/aromatic N) is 4. The molecule has 0 radical (unpaired) electrons. The van der Waals surface area contributed by atoms with Gasteiger partial charge in [0.05, 0.1) is 33.2 Å². The Kier molecular flexibility index (Phi) is 10.8. The van der Waals surface area contributed by atoms with Gasteiger partial charge in [0.1, 0.15) is 14.5 Å². The van der Waals surface area contributed by atoms with Crippen molar-refractivity contribution in [1.29, 1.82) is 0 Å². The molecule has 16 heteroatoms. The van der Waals surface area contributed by atoms with Crippen LogP contribution in [0.3, 0.4) is 0 Å². The average Bonchev–Trinajstić information content (AvgIpc) is 3.75. The fourth-order valence-corrected chi connectivity index (χ4v) is 7.21. The summed E-state index contributed by atoms with van der Waals surface area (Å²) in [6, 6.07) is 22.2. The molecule has 50 heavy (non-hydrogen) atoms. The van der Waals surface area contributed by atoms with E-state index in [2.05, 4.69) is 5.32 Å². The van der Waals surface area contributed by atoms with E-state index < -0.39 is 11.2 Å². The molecule has 0 saturated heterocycles. The summed E-state index contributed by atoms with van der Waals surface area (Å²) in [6.45, 7) is 0.573. The Morgan fingerprint density at radius 1 is 0.640 bits per heavy atom. The van der Waals surface area contributed by atoms with Crippen LogP contribution in [-0.2, 0) is 19.6 Å². The zero-order valence-corrected chi connectivity index (χ0v) is 30.2. The molecule has 7 rings (SSSR count). The van der Waals surface area contributed by atoms with Gasteiger partial charge in [-0.2, -0.15) is 0 Å². The van der Waals surface area contributed by atoms with Gasteiger partial charge in [0.15, 0.2) is 0 Å². The van der Waals surface area contributed by atoms with Gasteiger partial charge in [-0.1, -0.05) is 88.9 Å². The highest BCUT2D eigenvalue weighted by Crippen LogP contribution is 2.24. The van der Waals surface area contributed by atoms with Crippen molar-refractivity contribution in [3.05, 3.63) is 180 Å². The van der Waals surface area contributed by atoms with Crippen LogP contribution >= 0.6 is 69.1 Å². The number of benzene rings is 3. The van der Waals surface area contributed by atoms with Gasteiger partial charge in [-0.05, 0) is 41.0 Å². The lowest BCUT2D eigenvalue weighted by Gasteiger charge is -2.06. The number of rotatable bonds is 7. The normalized spacial score (nSPS) is 11.0. The molecule has 0 bridgehead atoms. The zero-order valence-electron chi connectivity index (χ0n) is 25.5. The van der Waals surface area contributed by atoms with Gasteiger partial charge < -0.3 is 5.32 Å². The summed E-state index contributed by atoms with van der Waals surface area (Å²) >= 11 is 26.2. The molecule has 4 heterocycles. The third-order valence-electron chi connectivity index (χ3n) is 7.40. The van der Waals surface area contributed by atoms with E-state index in [-0.39, 0.29) is 30.2 Å². The lowest BCUT2D eigenvalue weighted by Crippen LogP contribution is -2.36. The maximum Gasteiger partial charge on any atom is 0.336 e. The van der Waals surface area contributed by atoms with Crippen molar-refractivity contribution in [3.8, 4) is 0 Å². The maximum absolute atomic E-state index is 12.9. The van der Waals surface area contributed by atoms with Crippen molar-refractivity contribution >= 4 is 84.6 Å². The van der Waals surface area contributed by atoms with E-state index in [1.807, 2.05) is 30.3 Å². The highest BCUT2D eigenvalue weighted by Gasteiger charge is 2.15. The van der Waals surface area contributed by atoms with Crippen molar-refractivity contribution in [2.24, 2.45) is 0 Å². The highest BCUT2D eigenvalue weighted by atomic mass is 35.5. The smallest absolute Gasteiger partial charge is 0.336 e. The zero-order chi connectivity index (χ0) is 35.5. The molecule has 0 atom stereocenters. The first-order valence-corrected chi connectivity index (χ1v) is 17.8. The van der Waals surface area contributed by atoms with E-state index in [1.54, 1.807) is 48.0 Å². The summed E-state index contributed by atoms with van der Waals surface area (Å²) in [5, 5.41) is 6.16. The summed E-state index contributed by atoms with van der Waals surface area (Å²) < 4.78 is 5.01. The molecule has 1 amide bonds. The molecule has 0 spiro atoms. The predicted molar refractivity (Wildman–Crippen MR) is 200 cm³/mol. The minimum Gasteiger partial charge on any atom is -0.347 e. The fourth-order valence-electron chi connectivity index (χ4n) is 4.89. The van der Waals surface area contributed by atoms with Gasteiger partial charge in [-0.25, -0.2) is 9.59 Å². The largest absolute Gasteiger partial charge is 0.347 e. The summed E-state index contributed by atoms with van der Waals surface area (Å²) in [4.78, 5) is 63.5. The molecule has 0 unspecified atom stereocenters. The molecule has 254 valence electrons. The van der Waals surface area contributed by atoms with Crippen LogP contribution in [0, 0.1) is 0 Å². The Balaban J connectivity index is 0.000000187. The van der Waals surface area contributed by atoms with E-state index >= 15 is 0 Å². The van der Waals surface area contributed by atoms with Crippen LogP contribution in [0.2, 0.25) is 20.1 Å². The number of thiazole rings is 2. The van der Waals surface area contributed by atoms with Gasteiger partial charge in [-0.15, -0.1) is 22.7 Å². The Morgan fingerprint density at radius 3 is 1.78 bits per heavy atom. The molecule has 3 aromatic carbocycles. The number of nitrogens with one attached hydrogen (secondary N) is 1. The Labute approximate surface area is 310 Å². The molecule has 0 aliphatic heterocycles. The molecule has 0 aliphatic rings. The highest BCUT2D eigenvalue weighted by molar-refractivity contribution is 7.19. The first-order chi connectivity index (χ1) is 24.0. The number of carbonyl (C=O) groups is 1. The van der Waals surface area contributed by atoms with E-state index in [0.717, 1.165) is 27.0 Å². The van der Waals surface area contributed by atoms with Crippen molar-refractivity contribution < 1.29 is 4.79 Å². The van der Waals surface area contributed by atoms with Crippen LogP contribution in [0.5, 0.6) is 0 Å². The van der Waals surface area contributed by atoms with Gasteiger partial charge in [0.2, 0.25) is 0 Å². The third kappa shape index (κ3) is 7.81. The Bertz CT molecular complexity index is 2630. The van der Waals surface area contributed by atoms with Gasteiger partial charge >= 0.3 is 11.4 Å². The van der Waals surface area contributed by atoms with E-state index in [9.17, 15) is 24.0 Å². The molecular weight excluding hydrogens is 764 g/mol. The summed E-state index contributed by atoms with van der Waals surface area (Å²) in [5.41, 5.74) is 0.702. The second-order valence-electron chi connectivity index (χ2n) is 10.8. The van der Waals surface area contributed by atoms with Crippen LogP contribution in [0.1, 0.15) is 26.4 Å². The van der Waals surface area contributed by atoms with Crippen LogP contribution in [0.4, 0.5) is 0 Å². The lowest BCUT2D eigenvalue weighted by atomic mass is 10.2. The van der Waals surface area contributed by atoms with Gasteiger partial charge in [-0.3, -0.25) is 32.3 Å². The standard InChI is InChI=1S/C21H15Cl2N3O3S.C13H8Cl2N2O2S/c22-15-7-6-14(8-16(15)23)11-25-18(27)9-19-26(21(25)29)12-17(30-19)20(28)24-10-13-4-2-1-3-5-13;14-9-2-1-8(5-10(9)15)7-17-11(18)6-12-16(13(17)19)3-4-20-12/h1-9,12H,10-11H2,(H,24,28);1-6H,7H2. The van der Waals surface area contributed by atoms with Gasteiger partial charge in [0, 0.05) is 36.5 Å². The van der Waals surface area contributed by atoms with E-state index in [1.165, 1.54) is 43.0 Å². The van der Waals surface area contributed by atoms with Crippen LogP contribution in [0.15, 0.2) is 116 Å². The lowest BCUT2D eigenvalue weighted by molar-refractivity contribution is 0.0954. The molecule has 10 nitrogen and oxygen atoms in total. The molecule has 4 aromatic heterocycles. The minimum atomic E-state index is -0.526. The molecule has 0 aliphatic carbocycles. The quantitative estimate of drug-likeness (QED) is 0.194. The maximum atomic E-state index is 12.9. The van der Waals surface area contributed by atoms with Crippen molar-refractivity contribution in [1.82, 2.24) is 23.3 Å². The second kappa shape index (κ2) is 15.2. The summed E-state index contributed by atoms with van der Waals surface area (Å²) in [5.74, 6) is -0.310. The van der Waals surface area contributed by atoms with E-state index in [0.29, 0.717) is 46.7 Å². The number of aromatic nitrogens is 4. The first kappa shape index (κ1) is 35.4. The number of carbonyl (C=O) groups excluding carboxylic acids is 1. The summed E-state index contributed by atoms with van der Waals surface area (Å²) in [6.07, 6.45) is 3.10. The number of halogens is 4. The molecule has 0 fully saturated rings. The number of hydrogen-bond donors (Lipinski definition) is 1. The molecule has 7 aromatic rings. The number of amides is 1. The average molecular weight is 788 g/mol. The summed E-state index contributed by atoms with van der Waals surface area (Å²) in [7, 11) is 0. The van der Waals surface area contributed by atoms with Crippen LogP contribution < -0.4 is 27.8 Å². The van der Waals surface area contributed by atoms with E-state index in [4.69, 9.17) is 46.4 Å². The Morgan fingerprint density at radius 2 is 1.20 bits per heavy atom. The van der Waals surface area contributed by atoms with Crippen LogP contribution in [-0.4, -0.2) is 23.8 Å². The third-order valence-corrected chi connectivity index (χ3v) is 10.7. The minimum absolute atomic E-state index is 0.0445. The monoisotopic (exact) mass is 785 g/mol. The van der Waals surface area contributed by atoms with Crippen molar-refractivity contribution in [3.63, 3.8) is 0 Å². The second-order valence-corrected chi connectivity index (χ2v) is 14.4. The van der Waals surface area contributed by atoms with Crippen molar-refractivity contribution in [2.75, 3.05) is 0 Å². The SMILES string of the molecule is O=C(NCc1ccccc1)c1cn2c(=O)n(Cc3ccc(Cl)c(Cl)c3)c(=O)cc2s1.O=c1cc2sccn2c(=O)n1Cc1ccc(Cl)c(Cl)c1. The first-order valence-electron chi connectivity index (χ1n) is 14.6. The topological polar surface area (TPSA) is 116 Å². The fraction of sp³-hybridized carbons (Fsp3) is 0.0882. The number of fused-ring (bicyclic) bond motifs is 2.